The first-order chi connectivity index (χ1) is 7.65. The first-order valence-corrected chi connectivity index (χ1v) is 7.54. The zero-order chi connectivity index (χ0) is 11.5. The van der Waals surface area contributed by atoms with Crippen LogP contribution in [0.5, 0.6) is 0 Å². The summed E-state index contributed by atoms with van der Waals surface area (Å²) in [6.45, 7) is 6.85. The second-order valence-corrected chi connectivity index (χ2v) is 6.85. The Kier molecular flexibility index (Phi) is 4.17. The summed E-state index contributed by atoms with van der Waals surface area (Å²) in [6, 6.07) is 1.10. The molecule has 0 aromatic heterocycles. The third-order valence-electron chi connectivity index (χ3n) is 3.78. The zero-order valence-electron chi connectivity index (χ0n) is 10.7. The molecule has 1 aliphatic carbocycles. The van der Waals surface area contributed by atoms with Gasteiger partial charge in [-0.2, -0.15) is 0 Å². The molecule has 3 heteroatoms. The standard InChI is InChI=1S/C13H24N2S/c1-9-8-10(2)16-13(14-9)15-11(3)12-6-4-5-7-12/h9-12H,4-8H2,1-3H3,(H,14,15). The molecule has 0 aromatic carbocycles. The maximum Gasteiger partial charge on any atom is 0.157 e. The van der Waals surface area contributed by atoms with E-state index in [9.17, 15) is 0 Å². The van der Waals surface area contributed by atoms with Crippen molar-refractivity contribution in [2.45, 2.75) is 70.2 Å². The van der Waals surface area contributed by atoms with Crippen molar-refractivity contribution >= 4 is 16.9 Å². The summed E-state index contributed by atoms with van der Waals surface area (Å²) in [4.78, 5) is 4.71. The fourth-order valence-electron chi connectivity index (χ4n) is 2.84. The van der Waals surface area contributed by atoms with Gasteiger partial charge < -0.3 is 5.32 Å². The Labute approximate surface area is 104 Å². The highest BCUT2D eigenvalue weighted by Crippen LogP contribution is 2.29. The Bertz CT molecular complexity index is 259. The minimum absolute atomic E-state index is 0.495. The molecule has 2 aliphatic rings. The predicted octanol–water partition coefficient (Wildman–Crippen LogP) is 3.42. The van der Waals surface area contributed by atoms with E-state index in [1.807, 2.05) is 11.8 Å². The van der Waals surface area contributed by atoms with E-state index in [2.05, 4.69) is 26.1 Å². The molecule has 0 spiro atoms. The van der Waals surface area contributed by atoms with Crippen LogP contribution in [0.3, 0.4) is 0 Å². The first kappa shape index (κ1) is 12.3. The van der Waals surface area contributed by atoms with Crippen LogP contribution in [-0.4, -0.2) is 22.5 Å². The topological polar surface area (TPSA) is 24.4 Å². The minimum atomic E-state index is 0.495. The summed E-state index contributed by atoms with van der Waals surface area (Å²) >= 11 is 1.92. The van der Waals surface area contributed by atoms with E-state index in [4.69, 9.17) is 4.99 Å². The molecule has 16 heavy (non-hydrogen) atoms. The Morgan fingerprint density at radius 3 is 2.62 bits per heavy atom. The van der Waals surface area contributed by atoms with Crippen LogP contribution < -0.4 is 5.32 Å². The quantitative estimate of drug-likeness (QED) is 0.800. The van der Waals surface area contributed by atoms with Crippen molar-refractivity contribution < 1.29 is 0 Å². The van der Waals surface area contributed by atoms with Gasteiger partial charge in [0.25, 0.3) is 0 Å². The molecule has 3 unspecified atom stereocenters. The number of hydrogen-bond acceptors (Lipinski definition) is 3. The van der Waals surface area contributed by atoms with Crippen LogP contribution >= 0.6 is 11.8 Å². The van der Waals surface area contributed by atoms with Gasteiger partial charge in [0.15, 0.2) is 5.17 Å². The molecule has 1 N–H and O–H groups in total. The van der Waals surface area contributed by atoms with Crippen LogP contribution in [0, 0.1) is 5.92 Å². The van der Waals surface area contributed by atoms with Crippen LogP contribution in [0.25, 0.3) is 0 Å². The van der Waals surface area contributed by atoms with E-state index in [-0.39, 0.29) is 0 Å². The van der Waals surface area contributed by atoms with Gasteiger partial charge in [-0.05, 0) is 39.0 Å². The van der Waals surface area contributed by atoms with Crippen molar-refractivity contribution in [2.24, 2.45) is 10.9 Å². The van der Waals surface area contributed by atoms with Crippen molar-refractivity contribution in [1.29, 1.82) is 0 Å². The lowest BCUT2D eigenvalue weighted by Crippen LogP contribution is -2.38. The predicted molar refractivity (Wildman–Crippen MR) is 73.1 cm³/mol. The molecular formula is C13H24N2S. The van der Waals surface area contributed by atoms with Crippen LogP contribution in [0.4, 0.5) is 0 Å². The second kappa shape index (κ2) is 5.44. The molecule has 0 bridgehead atoms. The molecule has 1 saturated carbocycles. The number of hydrogen-bond donors (Lipinski definition) is 1. The highest BCUT2D eigenvalue weighted by atomic mass is 32.2. The number of nitrogens with one attached hydrogen (secondary N) is 1. The van der Waals surface area contributed by atoms with E-state index >= 15 is 0 Å². The number of nitrogens with zero attached hydrogens (tertiary/aromatic N) is 1. The fraction of sp³-hybridized carbons (Fsp3) is 0.923. The lowest BCUT2D eigenvalue weighted by Gasteiger charge is -2.27. The second-order valence-electron chi connectivity index (χ2n) is 5.42. The van der Waals surface area contributed by atoms with Gasteiger partial charge in [-0.1, -0.05) is 31.5 Å². The molecule has 1 heterocycles. The normalized spacial score (nSPS) is 33.6. The van der Waals surface area contributed by atoms with E-state index in [0.717, 1.165) is 5.92 Å². The van der Waals surface area contributed by atoms with Gasteiger partial charge in [0.1, 0.15) is 0 Å². The molecule has 0 amide bonds. The van der Waals surface area contributed by atoms with Crippen LogP contribution in [-0.2, 0) is 0 Å². The summed E-state index contributed by atoms with van der Waals surface area (Å²) in [5, 5.41) is 5.53. The van der Waals surface area contributed by atoms with Gasteiger partial charge >= 0.3 is 0 Å². The summed E-state index contributed by atoms with van der Waals surface area (Å²) in [7, 11) is 0. The van der Waals surface area contributed by atoms with Crippen LogP contribution in [0.15, 0.2) is 4.99 Å². The Hall–Kier alpha value is -0.180. The third-order valence-corrected chi connectivity index (χ3v) is 4.82. The van der Waals surface area contributed by atoms with E-state index in [1.165, 1.54) is 37.3 Å². The molecule has 3 atom stereocenters. The molecule has 1 aliphatic heterocycles. The lowest BCUT2D eigenvalue weighted by molar-refractivity contribution is 0.427. The molecule has 2 nitrogen and oxygen atoms in total. The van der Waals surface area contributed by atoms with Gasteiger partial charge in [-0.25, -0.2) is 0 Å². The molecular weight excluding hydrogens is 216 g/mol. The summed E-state index contributed by atoms with van der Waals surface area (Å²) in [6.07, 6.45) is 6.86. The van der Waals surface area contributed by atoms with Crippen LogP contribution in [0.2, 0.25) is 0 Å². The van der Waals surface area contributed by atoms with E-state index < -0.39 is 0 Å². The Morgan fingerprint density at radius 2 is 2.00 bits per heavy atom. The van der Waals surface area contributed by atoms with Gasteiger partial charge in [0.05, 0.1) is 6.04 Å². The average molecular weight is 240 g/mol. The van der Waals surface area contributed by atoms with Gasteiger partial charge in [0.2, 0.25) is 0 Å². The molecule has 1 fully saturated rings. The van der Waals surface area contributed by atoms with Gasteiger partial charge in [-0.15, -0.1) is 0 Å². The monoisotopic (exact) mass is 240 g/mol. The Morgan fingerprint density at radius 1 is 1.31 bits per heavy atom. The highest BCUT2D eigenvalue weighted by Gasteiger charge is 2.24. The molecule has 2 rings (SSSR count). The third kappa shape index (κ3) is 3.16. The molecule has 0 radical (unpaired) electrons. The summed E-state index contributed by atoms with van der Waals surface area (Å²) < 4.78 is 0. The van der Waals surface area contributed by atoms with Gasteiger partial charge in [-0.3, -0.25) is 4.99 Å². The first-order valence-electron chi connectivity index (χ1n) is 6.66. The summed E-state index contributed by atoms with van der Waals surface area (Å²) in [5.74, 6) is 0.871. The SMILES string of the molecule is CC1CC(C)SC(NC(C)C2CCCC2)=N1. The highest BCUT2D eigenvalue weighted by molar-refractivity contribution is 8.14. The van der Waals surface area contributed by atoms with Crippen LogP contribution in [0.1, 0.15) is 52.9 Å². The smallest absolute Gasteiger partial charge is 0.157 e. The minimum Gasteiger partial charge on any atom is -0.362 e. The average Bonchev–Trinajstić information content (AvgIpc) is 2.68. The van der Waals surface area contributed by atoms with Gasteiger partial charge in [0, 0.05) is 11.3 Å². The maximum absolute atomic E-state index is 4.71. The zero-order valence-corrected chi connectivity index (χ0v) is 11.5. The van der Waals surface area contributed by atoms with Crippen molar-refractivity contribution in [3.63, 3.8) is 0 Å². The van der Waals surface area contributed by atoms with E-state index in [1.54, 1.807) is 0 Å². The number of aliphatic imine (C=N–C) groups is 1. The van der Waals surface area contributed by atoms with E-state index in [0.29, 0.717) is 17.3 Å². The molecule has 0 aromatic rings. The van der Waals surface area contributed by atoms with Crippen molar-refractivity contribution in [3.05, 3.63) is 0 Å². The number of amidine groups is 1. The molecule has 0 saturated heterocycles. The largest absolute Gasteiger partial charge is 0.362 e. The Balaban J connectivity index is 1.88. The van der Waals surface area contributed by atoms with Crippen molar-refractivity contribution in [1.82, 2.24) is 5.32 Å². The molecule has 92 valence electrons. The maximum atomic E-state index is 4.71. The number of rotatable bonds is 2. The van der Waals surface area contributed by atoms with Crippen molar-refractivity contribution in [3.8, 4) is 0 Å². The number of thioether (sulfide) groups is 1. The lowest BCUT2D eigenvalue weighted by atomic mass is 10.0. The summed E-state index contributed by atoms with van der Waals surface area (Å²) in [5.41, 5.74) is 0. The fourth-order valence-corrected chi connectivity index (χ4v) is 4.09. The van der Waals surface area contributed by atoms with Crippen molar-refractivity contribution in [2.75, 3.05) is 0 Å².